The minimum atomic E-state index is -0.196. The van der Waals surface area contributed by atoms with Crippen LogP contribution < -0.4 is 10.6 Å². The van der Waals surface area contributed by atoms with Gasteiger partial charge in [-0.2, -0.15) is 0 Å². The molecule has 0 spiro atoms. The lowest BCUT2D eigenvalue weighted by molar-refractivity contribution is -0.130. The molecule has 0 aliphatic carbocycles. The molecule has 2 rings (SSSR count). The molecule has 0 atom stereocenters. The van der Waals surface area contributed by atoms with Crippen LogP contribution in [0.4, 0.5) is 0 Å². The summed E-state index contributed by atoms with van der Waals surface area (Å²) in [6, 6.07) is 7.40. The van der Waals surface area contributed by atoms with Crippen LogP contribution in [-0.2, 0) is 4.79 Å². The van der Waals surface area contributed by atoms with Gasteiger partial charge in [-0.15, -0.1) is 11.8 Å². The van der Waals surface area contributed by atoms with E-state index in [0.29, 0.717) is 18.7 Å². The van der Waals surface area contributed by atoms with Crippen LogP contribution in [0.5, 0.6) is 0 Å². The van der Waals surface area contributed by atoms with Crippen LogP contribution in [-0.4, -0.2) is 55.7 Å². The lowest BCUT2D eigenvalue weighted by Gasteiger charge is -2.27. The predicted molar refractivity (Wildman–Crippen MR) is 80.0 cm³/mol. The first kappa shape index (κ1) is 14.9. The van der Waals surface area contributed by atoms with E-state index in [1.807, 2.05) is 24.5 Å². The molecule has 0 unspecified atom stereocenters. The average Bonchev–Trinajstić information content (AvgIpc) is 2.53. The second-order valence-electron chi connectivity index (χ2n) is 4.51. The zero-order valence-corrected chi connectivity index (χ0v) is 12.3. The number of hydrogen-bond donors (Lipinski definition) is 2. The van der Waals surface area contributed by atoms with E-state index in [4.69, 9.17) is 0 Å². The SMILES string of the molecule is CSc1ccccc1C(=O)NCC(=O)N1CCNCC1. The number of carbonyl (C=O) groups is 2. The highest BCUT2D eigenvalue weighted by Gasteiger charge is 2.17. The normalized spacial score (nSPS) is 14.9. The first-order valence-electron chi connectivity index (χ1n) is 6.62. The first-order chi connectivity index (χ1) is 9.72. The van der Waals surface area contributed by atoms with Crippen LogP contribution in [0.1, 0.15) is 10.4 Å². The fourth-order valence-corrected chi connectivity index (χ4v) is 2.70. The molecule has 2 N–H and O–H groups in total. The van der Waals surface area contributed by atoms with Crippen molar-refractivity contribution in [1.82, 2.24) is 15.5 Å². The number of amides is 2. The van der Waals surface area contributed by atoms with Crippen molar-refractivity contribution in [3.05, 3.63) is 29.8 Å². The van der Waals surface area contributed by atoms with E-state index in [1.54, 1.807) is 11.0 Å². The second kappa shape index (κ2) is 7.31. The topological polar surface area (TPSA) is 61.4 Å². The number of piperazine rings is 1. The van der Waals surface area contributed by atoms with Crippen molar-refractivity contribution in [2.45, 2.75) is 4.90 Å². The molecule has 108 valence electrons. The highest BCUT2D eigenvalue weighted by molar-refractivity contribution is 7.98. The summed E-state index contributed by atoms with van der Waals surface area (Å²) in [7, 11) is 0. The maximum atomic E-state index is 12.1. The summed E-state index contributed by atoms with van der Waals surface area (Å²) < 4.78 is 0. The van der Waals surface area contributed by atoms with Crippen LogP contribution in [0.2, 0.25) is 0 Å². The maximum absolute atomic E-state index is 12.1. The average molecular weight is 293 g/mol. The third-order valence-corrected chi connectivity index (χ3v) is 4.02. The summed E-state index contributed by atoms with van der Waals surface area (Å²) >= 11 is 1.52. The summed E-state index contributed by atoms with van der Waals surface area (Å²) in [4.78, 5) is 26.8. The lowest BCUT2D eigenvalue weighted by atomic mass is 10.2. The van der Waals surface area contributed by atoms with Crippen LogP contribution in [0.25, 0.3) is 0 Å². The smallest absolute Gasteiger partial charge is 0.252 e. The molecule has 6 heteroatoms. The van der Waals surface area contributed by atoms with Crippen molar-refractivity contribution in [1.29, 1.82) is 0 Å². The van der Waals surface area contributed by atoms with Crippen molar-refractivity contribution in [2.75, 3.05) is 39.0 Å². The van der Waals surface area contributed by atoms with Gasteiger partial charge in [-0.3, -0.25) is 9.59 Å². The van der Waals surface area contributed by atoms with Gasteiger partial charge in [0.05, 0.1) is 12.1 Å². The van der Waals surface area contributed by atoms with E-state index in [2.05, 4.69) is 10.6 Å². The Hall–Kier alpha value is -1.53. The Kier molecular flexibility index (Phi) is 5.43. The summed E-state index contributed by atoms with van der Waals surface area (Å²) in [5.41, 5.74) is 0.619. The largest absolute Gasteiger partial charge is 0.343 e. The summed E-state index contributed by atoms with van der Waals surface area (Å²) in [6.07, 6.45) is 1.93. The minimum Gasteiger partial charge on any atom is -0.343 e. The highest BCUT2D eigenvalue weighted by Crippen LogP contribution is 2.19. The van der Waals surface area contributed by atoms with E-state index in [0.717, 1.165) is 18.0 Å². The molecule has 0 aromatic heterocycles. The van der Waals surface area contributed by atoms with E-state index in [9.17, 15) is 9.59 Å². The van der Waals surface area contributed by atoms with Gasteiger partial charge in [0.15, 0.2) is 0 Å². The Morgan fingerprint density at radius 1 is 1.30 bits per heavy atom. The Balaban J connectivity index is 1.89. The Morgan fingerprint density at radius 2 is 2.00 bits per heavy atom. The third-order valence-electron chi connectivity index (χ3n) is 3.22. The molecule has 0 bridgehead atoms. The van der Waals surface area contributed by atoms with E-state index >= 15 is 0 Å². The fraction of sp³-hybridized carbons (Fsp3) is 0.429. The highest BCUT2D eigenvalue weighted by atomic mass is 32.2. The van der Waals surface area contributed by atoms with Gasteiger partial charge in [-0.25, -0.2) is 0 Å². The van der Waals surface area contributed by atoms with E-state index < -0.39 is 0 Å². The molecule has 5 nitrogen and oxygen atoms in total. The molecule has 1 aromatic carbocycles. The van der Waals surface area contributed by atoms with E-state index in [-0.39, 0.29) is 18.4 Å². The molecule has 0 saturated carbocycles. The van der Waals surface area contributed by atoms with Gasteiger partial charge >= 0.3 is 0 Å². The zero-order chi connectivity index (χ0) is 14.4. The standard InChI is InChI=1S/C14H19N3O2S/c1-20-12-5-3-2-4-11(12)14(19)16-10-13(18)17-8-6-15-7-9-17/h2-5,15H,6-10H2,1H3,(H,16,19). The van der Waals surface area contributed by atoms with E-state index in [1.165, 1.54) is 11.8 Å². The Morgan fingerprint density at radius 3 is 2.70 bits per heavy atom. The Bertz CT molecular complexity index is 487. The Labute approximate surface area is 123 Å². The lowest BCUT2D eigenvalue weighted by Crippen LogP contribution is -2.49. The van der Waals surface area contributed by atoms with Crippen molar-refractivity contribution < 1.29 is 9.59 Å². The molecule has 1 aromatic rings. The quantitative estimate of drug-likeness (QED) is 0.797. The first-order valence-corrected chi connectivity index (χ1v) is 7.84. The number of rotatable bonds is 4. The van der Waals surface area contributed by atoms with Crippen LogP contribution in [0.3, 0.4) is 0 Å². The van der Waals surface area contributed by atoms with Gasteiger partial charge in [-0.1, -0.05) is 12.1 Å². The van der Waals surface area contributed by atoms with Crippen molar-refractivity contribution in [2.24, 2.45) is 0 Å². The third kappa shape index (κ3) is 3.74. The summed E-state index contributed by atoms with van der Waals surface area (Å²) in [5, 5.41) is 5.90. The van der Waals surface area contributed by atoms with Crippen LogP contribution in [0, 0.1) is 0 Å². The van der Waals surface area contributed by atoms with Crippen molar-refractivity contribution in [3.8, 4) is 0 Å². The van der Waals surface area contributed by atoms with Crippen molar-refractivity contribution >= 4 is 23.6 Å². The minimum absolute atomic E-state index is 0.0264. The molecular formula is C14H19N3O2S. The van der Waals surface area contributed by atoms with Crippen LogP contribution in [0.15, 0.2) is 29.2 Å². The summed E-state index contributed by atoms with van der Waals surface area (Å²) in [5.74, 6) is -0.222. The number of nitrogens with zero attached hydrogens (tertiary/aromatic N) is 1. The zero-order valence-electron chi connectivity index (χ0n) is 11.5. The molecular weight excluding hydrogens is 274 g/mol. The number of carbonyl (C=O) groups excluding carboxylic acids is 2. The molecule has 1 aliphatic heterocycles. The van der Waals surface area contributed by atoms with Gasteiger partial charge in [-0.05, 0) is 18.4 Å². The summed E-state index contributed by atoms with van der Waals surface area (Å²) in [6.45, 7) is 3.09. The molecule has 1 heterocycles. The number of hydrogen-bond acceptors (Lipinski definition) is 4. The number of benzene rings is 1. The molecule has 20 heavy (non-hydrogen) atoms. The maximum Gasteiger partial charge on any atom is 0.252 e. The van der Waals surface area contributed by atoms with Gasteiger partial charge in [0, 0.05) is 31.1 Å². The second-order valence-corrected chi connectivity index (χ2v) is 5.36. The van der Waals surface area contributed by atoms with Gasteiger partial charge in [0.1, 0.15) is 0 Å². The molecule has 1 saturated heterocycles. The number of nitrogens with one attached hydrogen (secondary N) is 2. The van der Waals surface area contributed by atoms with Gasteiger partial charge < -0.3 is 15.5 Å². The monoisotopic (exact) mass is 293 g/mol. The molecule has 0 radical (unpaired) electrons. The van der Waals surface area contributed by atoms with Gasteiger partial charge in [0.2, 0.25) is 5.91 Å². The number of thioether (sulfide) groups is 1. The van der Waals surface area contributed by atoms with Gasteiger partial charge in [0.25, 0.3) is 5.91 Å². The van der Waals surface area contributed by atoms with Crippen LogP contribution >= 0.6 is 11.8 Å². The molecule has 2 amide bonds. The van der Waals surface area contributed by atoms with Crippen molar-refractivity contribution in [3.63, 3.8) is 0 Å². The molecule has 1 fully saturated rings. The fourth-order valence-electron chi connectivity index (χ4n) is 2.11. The molecule has 1 aliphatic rings. The predicted octanol–water partition coefficient (Wildman–Crippen LogP) is 0.570.